The Labute approximate surface area is 225 Å². The summed E-state index contributed by atoms with van der Waals surface area (Å²) in [5.74, 6) is 0. The Morgan fingerprint density at radius 1 is 0.946 bits per heavy atom. The maximum Gasteiger partial charge on any atom is 0.141 e. The number of nitrogens with two attached hydrogens (primary N) is 2. The van der Waals surface area contributed by atoms with E-state index in [4.69, 9.17) is 11.5 Å². The number of likely N-dealkylation sites (tertiary alicyclic amines) is 1. The Balaban J connectivity index is 0.000000207. The maximum atomic E-state index is 11.0. The van der Waals surface area contributed by atoms with Crippen LogP contribution in [0, 0.1) is 0 Å². The standard InChI is InChI=1S/C20H28N4.C10H13NOS/c1-23-17-11-12-19(21)18(13-17)20(22)14-7-9-16(10-8-14)24-15-5-3-2-4-6-15;12-7-10(9-3-6-13-8-9)11-4-1-2-5-11/h7-13,15,20,23-24H,2-6,21-22H2,1H3;3,6-8,10H,1-2,4-5H2. The summed E-state index contributed by atoms with van der Waals surface area (Å²) >= 11 is 1.66. The predicted molar refractivity (Wildman–Crippen MR) is 157 cm³/mol. The van der Waals surface area contributed by atoms with Gasteiger partial charge in [0.1, 0.15) is 6.29 Å². The number of hydrogen-bond donors (Lipinski definition) is 4. The average molecular weight is 520 g/mol. The monoisotopic (exact) mass is 519 g/mol. The van der Waals surface area contributed by atoms with Gasteiger partial charge in [-0.1, -0.05) is 31.4 Å². The third-order valence-corrected chi connectivity index (χ3v) is 8.21. The molecule has 6 nitrogen and oxygen atoms in total. The quantitative estimate of drug-likeness (QED) is 0.209. The van der Waals surface area contributed by atoms with Gasteiger partial charge in [-0.2, -0.15) is 11.3 Å². The molecular weight excluding hydrogens is 478 g/mol. The first-order valence-electron chi connectivity index (χ1n) is 13.5. The molecule has 37 heavy (non-hydrogen) atoms. The molecule has 2 aromatic carbocycles. The Bertz CT molecular complexity index is 1090. The topological polar surface area (TPSA) is 96.4 Å². The summed E-state index contributed by atoms with van der Waals surface area (Å²) in [7, 11) is 1.90. The summed E-state index contributed by atoms with van der Waals surface area (Å²) in [5, 5.41) is 10.9. The zero-order valence-corrected chi connectivity index (χ0v) is 22.7. The summed E-state index contributed by atoms with van der Waals surface area (Å²) in [6, 6.07) is 16.8. The second-order valence-corrected chi connectivity index (χ2v) is 10.8. The lowest BCUT2D eigenvalue weighted by molar-refractivity contribution is -0.112. The highest BCUT2D eigenvalue weighted by Crippen LogP contribution is 2.29. The van der Waals surface area contributed by atoms with Crippen LogP contribution in [0.3, 0.4) is 0 Å². The predicted octanol–water partition coefficient (Wildman–Crippen LogP) is 6.19. The molecule has 0 radical (unpaired) electrons. The van der Waals surface area contributed by atoms with Gasteiger partial charge in [-0.3, -0.25) is 4.90 Å². The number of hydrogen-bond acceptors (Lipinski definition) is 7. The number of aldehydes is 1. The van der Waals surface area contributed by atoms with E-state index in [1.165, 1.54) is 50.6 Å². The van der Waals surface area contributed by atoms with Gasteiger partial charge in [0.05, 0.1) is 12.1 Å². The minimum atomic E-state index is -0.220. The number of thiophene rings is 1. The maximum absolute atomic E-state index is 11.0. The van der Waals surface area contributed by atoms with Gasteiger partial charge in [-0.25, -0.2) is 0 Å². The van der Waals surface area contributed by atoms with Crippen molar-refractivity contribution in [2.24, 2.45) is 5.73 Å². The lowest BCUT2D eigenvalue weighted by atomic mass is 9.95. The van der Waals surface area contributed by atoms with Gasteiger partial charge in [0.15, 0.2) is 0 Å². The number of nitrogen functional groups attached to an aromatic ring is 1. The van der Waals surface area contributed by atoms with Crippen LogP contribution in [-0.4, -0.2) is 37.4 Å². The summed E-state index contributed by atoms with van der Waals surface area (Å²) < 4.78 is 0. The molecule has 5 rings (SSSR count). The molecule has 1 saturated heterocycles. The van der Waals surface area contributed by atoms with E-state index < -0.39 is 0 Å². The highest BCUT2D eigenvalue weighted by molar-refractivity contribution is 7.08. The zero-order chi connectivity index (χ0) is 26.0. The van der Waals surface area contributed by atoms with Gasteiger partial charge < -0.3 is 26.9 Å². The van der Waals surface area contributed by atoms with Crippen molar-refractivity contribution in [3.8, 4) is 0 Å². The lowest BCUT2D eigenvalue weighted by Gasteiger charge is -2.24. The fourth-order valence-corrected chi connectivity index (χ4v) is 5.98. The van der Waals surface area contributed by atoms with Crippen molar-refractivity contribution in [2.75, 3.05) is 36.5 Å². The van der Waals surface area contributed by atoms with Crippen molar-refractivity contribution in [2.45, 2.75) is 63.1 Å². The molecule has 0 amide bonds. The molecule has 1 aliphatic heterocycles. The smallest absolute Gasteiger partial charge is 0.141 e. The van der Waals surface area contributed by atoms with Crippen LogP contribution in [0.15, 0.2) is 59.3 Å². The molecule has 2 aliphatic rings. The van der Waals surface area contributed by atoms with Gasteiger partial charge >= 0.3 is 0 Å². The van der Waals surface area contributed by atoms with Crippen molar-refractivity contribution in [3.05, 3.63) is 76.0 Å². The van der Waals surface area contributed by atoms with Crippen molar-refractivity contribution in [1.82, 2.24) is 4.90 Å². The minimum Gasteiger partial charge on any atom is -0.398 e. The van der Waals surface area contributed by atoms with E-state index in [9.17, 15) is 4.79 Å². The highest BCUT2D eigenvalue weighted by atomic mass is 32.1. The van der Waals surface area contributed by atoms with Gasteiger partial charge in [-0.05, 0) is 103 Å². The molecule has 0 bridgehead atoms. The average Bonchev–Trinajstić information content (AvgIpc) is 3.66. The van der Waals surface area contributed by atoms with Gasteiger partial charge in [-0.15, -0.1) is 0 Å². The summed E-state index contributed by atoms with van der Waals surface area (Å²) in [6.45, 7) is 2.14. The van der Waals surface area contributed by atoms with Gasteiger partial charge in [0.2, 0.25) is 0 Å². The molecule has 1 aliphatic carbocycles. The van der Waals surface area contributed by atoms with Crippen molar-refractivity contribution in [3.63, 3.8) is 0 Å². The van der Waals surface area contributed by atoms with Crippen LogP contribution in [0.2, 0.25) is 0 Å². The number of nitrogens with zero attached hydrogens (tertiary/aromatic N) is 1. The number of carbonyl (C=O) groups excluding carboxylic acids is 1. The van der Waals surface area contributed by atoms with Crippen LogP contribution in [0.25, 0.3) is 0 Å². The SMILES string of the molecule is CNc1ccc(N)c(C(N)c2ccc(NC3CCCCC3)cc2)c1.O=CC(c1ccsc1)N1CCCC1. The largest absolute Gasteiger partial charge is 0.398 e. The number of benzene rings is 2. The van der Waals surface area contributed by atoms with Gasteiger partial charge in [0.25, 0.3) is 0 Å². The summed E-state index contributed by atoms with van der Waals surface area (Å²) in [4.78, 5) is 13.2. The van der Waals surface area contributed by atoms with Crippen LogP contribution in [0.4, 0.5) is 17.1 Å². The van der Waals surface area contributed by atoms with E-state index in [1.54, 1.807) is 11.3 Å². The molecule has 1 saturated carbocycles. The highest BCUT2D eigenvalue weighted by Gasteiger charge is 2.22. The lowest BCUT2D eigenvalue weighted by Crippen LogP contribution is -2.26. The number of nitrogens with one attached hydrogen (secondary N) is 2. The molecule has 7 heteroatoms. The molecule has 2 unspecified atom stereocenters. The van der Waals surface area contributed by atoms with E-state index in [0.29, 0.717) is 6.04 Å². The Hall–Kier alpha value is -2.87. The minimum absolute atomic E-state index is 0.00810. The van der Waals surface area contributed by atoms with E-state index in [2.05, 4.69) is 45.2 Å². The molecule has 3 aromatic rings. The Kier molecular flexibility index (Phi) is 9.99. The third-order valence-electron chi connectivity index (χ3n) is 7.50. The first-order valence-corrected chi connectivity index (χ1v) is 14.4. The molecule has 6 N–H and O–H groups in total. The van der Waals surface area contributed by atoms with Crippen molar-refractivity contribution < 1.29 is 4.79 Å². The first-order chi connectivity index (χ1) is 18.1. The molecule has 1 aromatic heterocycles. The van der Waals surface area contributed by atoms with Crippen LogP contribution in [0.1, 0.15) is 73.7 Å². The normalized spacial score (nSPS) is 17.9. The second kappa shape index (κ2) is 13.6. The van der Waals surface area contributed by atoms with E-state index >= 15 is 0 Å². The van der Waals surface area contributed by atoms with Crippen LogP contribution in [-0.2, 0) is 4.79 Å². The Morgan fingerprint density at radius 3 is 2.27 bits per heavy atom. The third kappa shape index (κ3) is 7.34. The van der Waals surface area contributed by atoms with E-state index in [1.807, 2.05) is 36.7 Å². The van der Waals surface area contributed by atoms with Crippen LogP contribution >= 0.6 is 11.3 Å². The summed E-state index contributed by atoms with van der Waals surface area (Å²) in [5.41, 5.74) is 18.7. The molecule has 198 valence electrons. The fourth-order valence-electron chi connectivity index (χ4n) is 5.29. The van der Waals surface area contributed by atoms with Crippen LogP contribution in [0.5, 0.6) is 0 Å². The molecule has 2 heterocycles. The number of carbonyl (C=O) groups is 1. The van der Waals surface area contributed by atoms with Crippen LogP contribution < -0.4 is 22.1 Å². The van der Waals surface area contributed by atoms with Gasteiger partial charge in [0, 0.05) is 30.2 Å². The van der Waals surface area contributed by atoms with Crippen molar-refractivity contribution >= 4 is 34.7 Å². The Morgan fingerprint density at radius 2 is 1.65 bits per heavy atom. The number of anilines is 3. The fraction of sp³-hybridized carbons (Fsp3) is 0.433. The number of rotatable bonds is 8. The molecule has 0 spiro atoms. The van der Waals surface area contributed by atoms with E-state index in [0.717, 1.165) is 47.4 Å². The summed E-state index contributed by atoms with van der Waals surface area (Å²) in [6.07, 6.45) is 10.1. The second-order valence-electron chi connectivity index (χ2n) is 10.1. The molecule has 2 fully saturated rings. The van der Waals surface area contributed by atoms with E-state index in [-0.39, 0.29) is 12.1 Å². The molecule has 2 atom stereocenters. The zero-order valence-electron chi connectivity index (χ0n) is 21.9. The molecular formula is C30H41N5OS. The van der Waals surface area contributed by atoms with Crippen molar-refractivity contribution in [1.29, 1.82) is 0 Å². The first kappa shape index (κ1) is 27.2.